The Bertz CT molecular complexity index is 660. The third-order valence-electron chi connectivity index (χ3n) is 4.01. The van der Waals surface area contributed by atoms with Crippen molar-refractivity contribution in [2.24, 2.45) is 7.05 Å². The minimum absolute atomic E-state index is 0.694. The van der Waals surface area contributed by atoms with Gasteiger partial charge in [-0.15, -0.1) is 0 Å². The van der Waals surface area contributed by atoms with Crippen molar-refractivity contribution < 1.29 is 0 Å². The monoisotopic (exact) mass is 280 g/mol. The largest absolute Gasteiger partial charge is 0.379 e. The van der Waals surface area contributed by atoms with Crippen LogP contribution in [0.15, 0.2) is 36.5 Å². The predicted molar refractivity (Wildman–Crippen MR) is 85.3 cm³/mol. The molecule has 1 saturated heterocycles. The molecule has 2 heterocycles. The van der Waals surface area contributed by atoms with Crippen molar-refractivity contribution in [2.75, 3.05) is 23.3 Å². The van der Waals surface area contributed by atoms with Crippen LogP contribution in [0.4, 0.5) is 11.4 Å². The van der Waals surface area contributed by atoms with Gasteiger partial charge < -0.3 is 14.8 Å². The van der Waals surface area contributed by atoms with Crippen molar-refractivity contribution in [3.63, 3.8) is 0 Å². The van der Waals surface area contributed by atoms with E-state index in [1.165, 1.54) is 24.2 Å². The van der Waals surface area contributed by atoms with Crippen molar-refractivity contribution in [2.45, 2.75) is 19.4 Å². The van der Waals surface area contributed by atoms with Gasteiger partial charge >= 0.3 is 0 Å². The van der Waals surface area contributed by atoms with Crippen LogP contribution in [0.5, 0.6) is 0 Å². The number of nitrogens with zero attached hydrogens (tertiary/aromatic N) is 3. The third kappa shape index (κ3) is 2.87. The van der Waals surface area contributed by atoms with Gasteiger partial charge in [-0.2, -0.15) is 5.26 Å². The van der Waals surface area contributed by atoms with E-state index in [0.29, 0.717) is 5.69 Å². The van der Waals surface area contributed by atoms with E-state index in [0.717, 1.165) is 25.2 Å². The van der Waals surface area contributed by atoms with Gasteiger partial charge in [0.2, 0.25) is 0 Å². The fraction of sp³-hybridized carbons (Fsp3) is 0.353. The molecule has 108 valence electrons. The fourth-order valence-corrected chi connectivity index (χ4v) is 2.89. The van der Waals surface area contributed by atoms with E-state index in [1.807, 2.05) is 23.9 Å². The number of rotatable bonds is 4. The molecular weight excluding hydrogens is 260 g/mol. The lowest BCUT2D eigenvalue weighted by Crippen LogP contribution is -2.19. The van der Waals surface area contributed by atoms with Crippen LogP contribution in [0.1, 0.15) is 24.1 Å². The highest BCUT2D eigenvalue weighted by atomic mass is 15.2. The van der Waals surface area contributed by atoms with Crippen molar-refractivity contribution >= 4 is 11.4 Å². The number of nitrogens with one attached hydrogen (secondary N) is 1. The standard InChI is InChI=1S/C17H20N4/c1-20-13-14(10-15(20)11-18)12-19-16-6-2-3-7-17(16)21-8-4-5-9-21/h2-3,6-7,10,13,19H,4-5,8-9,12H2,1H3. The summed E-state index contributed by atoms with van der Waals surface area (Å²) < 4.78 is 1.86. The van der Waals surface area contributed by atoms with Gasteiger partial charge in [0.15, 0.2) is 0 Å². The fourth-order valence-electron chi connectivity index (χ4n) is 2.89. The van der Waals surface area contributed by atoms with Gasteiger partial charge in [0, 0.05) is 32.9 Å². The Labute approximate surface area is 125 Å². The number of aryl methyl sites for hydroxylation is 1. The summed E-state index contributed by atoms with van der Waals surface area (Å²) in [6.07, 6.45) is 4.56. The van der Waals surface area contributed by atoms with Crippen LogP contribution in [0.25, 0.3) is 0 Å². The van der Waals surface area contributed by atoms with E-state index >= 15 is 0 Å². The van der Waals surface area contributed by atoms with E-state index in [1.54, 1.807) is 0 Å². The van der Waals surface area contributed by atoms with Gasteiger partial charge in [0.25, 0.3) is 0 Å². The average molecular weight is 280 g/mol. The first-order chi connectivity index (χ1) is 10.3. The highest BCUT2D eigenvalue weighted by molar-refractivity contribution is 5.70. The third-order valence-corrected chi connectivity index (χ3v) is 4.01. The number of para-hydroxylation sites is 2. The summed E-state index contributed by atoms with van der Waals surface area (Å²) in [6.45, 7) is 3.02. The molecule has 1 aliphatic rings. The molecule has 0 bridgehead atoms. The number of hydrogen-bond acceptors (Lipinski definition) is 3. The summed E-state index contributed by atoms with van der Waals surface area (Å²) in [5.41, 5.74) is 4.28. The number of aromatic nitrogens is 1. The van der Waals surface area contributed by atoms with Gasteiger partial charge in [0.05, 0.1) is 11.4 Å². The quantitative estimate of drug-likeness (QED) is 0.936. The zero-order valence-electron chi connectivity index (χ0n) is 12.3. The lowest BCUT2D eigenvalue weighted by molar-refractivity contribution is 0.902. The number of nitriles is 1. The van der Waals surface area contributed by atoms with E-state index in [2.05, 4.69) is 40.6 Å². The molecule has 1 aliphatic heterocycles. The minimum atomic E-state index is 0.694. The lowest BCUT2D eigenvalue weighted by atomic mass is 10.2. The Morgan fingerprint density at radius 2 is 2.00 bits per heavy atom. The molecule has 1 aromatic carbocycles. The summed E-state index contributed by atoms with van der Waals surface area (Å²) >= 11 is 0. The highest BCUT2D eigenvalue weighted by Gasteiger charge is 2.15. The molecule has 0 saturated carbocycles. The molecule has 2 aromatic rings. The van der Waals surface area contributed by atoms with E-state index in [9.17, 15) is 0 Å². The first kappa shape index (κ1) is 13.6. The molecule has 0 amide bonds. The second kappa shape index (κ2) is 5.92. The zero-order valence-corrected chi connectivity index (χ0v) is 12.3. The van der Waals surface area contributed by atoms with Crippen LogP contribution in [0, 0.1) is 11.3 Å². The first-order valence-corrected chi connectivity index (χ1v) is 7.41. The van der Waals surface area contributed by atoms with Crippen LogP contribution in [0.2, 0.25) is 0 Å². The number of hydrogen-bond donors (Lipinski definition) is 1. The summed E-state index contributed by atoms with van der Waals surface area (Å²) in [7, 11) is 1.90. The first-order valence-electron chi connectivity index (χ1n) is 7.41. The zero-order chi connectivity index (χ0) is 14.7. The second-order valence-corrected chi connectivity index (χ2v) is 5.52. The van der Waals surface area contributed by atoms with Gasteiger partial charge in [0.1, 0.15) is 11.8 Å². The summed E-state index contributed by atoms with van der Waals surface area (Å²) in [6, 6.07) is 12.6. The molecule has 0 spiro atoms. The molecule has 0 aliphatic carbocycles. The lowest BCUT2D eigenvalue weighted by Gasteiger charge is -2.21. The van der Waals surface area contributed by atoms with Crippen LogP contribution in [0.3, 0.4) is 0 Å². The van der Waals surface area contributed by atoms with E-state index in [-0.39, 0.29) is 0 Å². The van der Waals surface area contributed by atoms with Gasteiger partial charge in [-0.05, 0) is 36.6 Å². The molecular formula is C17H20N4. The molecule has 4 heteroatoms. The number of benzene rings is 1. The minimum Gasteiger partial charge on any atom is -0.379 e. The Kier molecular flexibility index (Phi) is 3.83. The normalized spacial score (nSPS) is 14.2. The van der Waals surface area contributed by atoms with Gasteiger partial charge in [-0.3, -0.25) is 0 Å². The van der Waals surface area contributed by atoms with Gasteiger partial charge in [-0.1, -0.05) is 12.1 Å². The van der Waals surface area contributed by atoms with E-state index < -0.39 is 0 Å². The Morgan fingerprint density at radius 1 is 1.24 bits per heavy atom. The van der Waals surface area contributed by atoms with Crippen molar-refractivity contribution in [1.29, 1.82) is 5.26 Å². The summed E-state index contributed by atoms with van der Waals surface area (Å²) in [5.74, 6) is 0. The predicted octanol–water partition coefficient (Wildman–Crippen LogP) is 3.11. The molecule has 1 aromatic heterocycles. The van der Waals surface area contributed by atoms with E-state index in [4.69, 9.17) is 5.26 Å². The maximum atomic E-state index is 9.01. The maximum Gasteiger partial charge on any atom is 0.120 e. The summed E-state index contributed by atoms with van der Waals surface area (Å²) in [4.78, 5) is 2.44. The molecule has 0 unspecified atom stereocenters. The van der Waals surface area contributed by atoms with Crippen LogP contribution >= 0.6 is 0 Å². The molecule has 0 radical (unpaired) electrons. The molecule has 1 N–H and O–H groups in total. The van der Waals surface area contributed by atoms with Crippen LogP contribution in [-0.2, 0) is 13.6 Å². The van der Waals surface area contributed by atoms with Crippen molar-refractivity contribution in [1.82, 2.24) is 4.57 Å². The average Bonchev–Trinajstić information content (AvgIpc) is 3.15. The molecule has 4 nitrogen and oxygen atoms in total. The maximum absolute atomic E-state index is 9.01. The Hall–Kier alpha value is -2.41. The van der Waals surface area contributed by atoms with Crippen molar-refractivity contribution in [3.05, 3.63) is 47.8 Å². The molecule has 0 atom stereocenters. The number of anilines is 2. The second-order valence-electron chi connectivity index (χ2n) is 5.52. The van der Waals surface area contributed by atoms with Gasteiger partial charge in [-0.25, -0.2) is 0 Å². The molecule has 3 rings (SSSR count). The molecule has 21 heavy (non-hydrogen) atoms. The Morgan fingerprint density at radius 3 is 2.71 bits per heavy atom. The topological polar surface area (TPSA) is 44.0 Å². The summed E-state index contributed by atoms with van der Waals surface area (Å²) in [5, 5.41) is 12.5. The van der Waals surface area contributed by atoms with Crippen molar-refractivity contribution in [3.8, 4) is 6.07 Å². The Balaban J connectivity index is 1.74. The smallest absolute Gasteiger partial charge is 0.120 e. The SMILES string of the molecule is Cn1cc(CNc2ccccc2N2CCCC2)cc1C#N. The molecule has 1 fully saturated rings. The van der Waals surface area contributed by atoms with Crippen LogP contribution in [-0.4, -0.2) is 17.7 Å². The van der Waals surface area contributed by atoms with Crippen LogP contribution < -0.4 is 10.2 Å². The highest BCUT2D eigenvalue weighted by Crippen LogP contribution is 2.29.